The van der Waals surface area contributed by atoms with Gasteiger partial charge in [0, 0.05) is 53.6 Å². The fraction of sp³-hybridized carbons (Fsp3) is 0.308. The van der Waals surface area contributed by atoms with Crippen molar-refractivity contribution in [3.05, 3.63) is 134 Å². The predicted molar refractivity (Wildman–Crippen MR) is 280 cm³/mol. The molecule has 0 radical (unpaired) electrons. The Labute approximate surface area is 422 Å². The number of anilines is 2. The average Bonchev–Trinajstić information content (AvgIpc) is 3.86. The second kappa shape index (κ2) is 24.8. The van der Waals surface area contributed by atoms with Crippen molar-refractivity contribution in [1.29, 1.82) is 0 Å². The second-order valence-electron chi connectivity index (χ2n) is 16.7. The van der Waals surface area contributed by atoms with Gasteiger partial charge in [-0.05, 0) is 135 Å². The first-order valence-electron chi connectivity index (χ1n) is 23.0. The largest absolute Gasteiger partial charge is 0.508 e. The number of thiocarbonyl (C=S) groups is 1. The number of carboxylic acids is 1. The van der Waals surface area contributed by atoms with Gasteiger partial charge in [-0.1, -0.05) is 68.2 Å². The molecule has 0 bridgehead atoms. The lowest BCUT2D eigenvalue weighted by Crippen LogP contribution is -2.41. The van der Waals surface area contributed by atoms with E-state index in [1.54, 1.807) is 66.5 Å². The van der Waals surface area contributed by atoms with Crippen LogP contribution in [0.4, 0.5) is 11.4 Å². The number of carbonyl (C=O) groups excluding carboxylic acids is 3. The number of likely N-dealkylation sites (N-methyl/N-ethyl adjacent to an activating group) is 1. The molecule has 2 aliphatic heterocycles. The molecule has 1 saturated heterocycles. The summed E-state index contributed by atoms with van der Waals surface area (Å²) in [6.07, 6.45) is 2.30. The molecule has 2 heterocycles. The SMILES string of the molecule is CCN(CC)CC.CN(C(=O)Cc1ccc(Cl)c(Cl)c1)[C@H](CN1CCCC1)c1cccc(NC(=O)CNC(=O)CNC(=S)Nc2ccc(-c3c4ccc(=O)cc-4oc4cc(O)ccc34)c(C(=O)O)c2)c1. The van der Waals surface area contributed by atoms with Crippen LogP contribution in [0.25, 0.3) is 33.4 Å². The minimum Gasteiger partial charge on any atom is -0.508 e. The van der Waals surface area contributed by atoms with Gasteiger partial charge < -0.3 is 50.6 Å². The van der Waals surface area contributed by atoms with Crippen molar-refractivity contribution in [1.82, 2.24) is 25.3 Å². The summed E-state index contributed by atoms with van der Waals surface area (Å²) in [6, 6.07) is 25.4. The van der Waals surface area contributed by atoms with Gasteiger partial charge in [-0.15, -0.1) is 0 Å². The van der Waals surface area contributed by atoms with Gasteiger partial charge in [-0.3, -0.25) is 19.2 Å². The minimum absolute atomic E-state index is 0.0206. The zero-order chi connectivity index (χ0) is 50.5. The molecule has 0 unspecified atom stereocenters. The number of nitrogens with zero attached hydrogens (tertiary/aromatic N) is 3. The summed E-state index contributed by atoms with van der Waals surface area (Å²) in [6.45, 7) is 12.0. The highest BCUT2D eigenvalue weighted by molar-refractivity contribution is 7.80. The van der Waals surface area contributed by atoms with Crippen LogP contribution in [-0.2, 0) is 20.8 Å². The third kappa shape index (κ3) is 14.0. The summed E-state index contributed by atoms with van der Waals surface area (Å²) in [5, 5.41) is 32.7. The first-order chi connectivity index (χ1) is 33.6. The molecule has 70 heavy (non-hydrogen) atoms. The fourth-order valence-corrected chi connectivity index (χ4v) is 8.74. The molecule has 4 aromatic rings. The number of phenolic OH excluding ortho intramolecular Hbond substituents is 1. The number of hydrogen-bond acceptors (Lipinski definition) is 10. The monoisotopic (exact) mass is 1010 g/mol. The summed E-state index contributed by atoms with van der Waals surface area (Å²) in [5.41, 5.74) is 3.57. The van der Waals surface area contributed by atoms with Crippen LogP contribution in [0.2, 0.25) is 10.0 Å². The maximum Gasteiger partial charge on any atom is 0.336 e. The molecule has 3 amide bonds. The number of phenols is 1. The smallest absolute Gasteiger partial charge is 0.336 e. The topological polar surface area (TPSA) is 197 Å². The normalized spacial score (nSPS) is 12.8. The Hall–Kier alpha value is -6.56. The predicted octanol–water partition coefficient (Wildman–Crippen LogP) is 8.50. The van der Waals surface area contributed by atoms with E-state index < -0.39 is 17.8 Å². The van der Waals surface area contributed by atoms with E-state index in [4.69, 9.17) is 39.8 Å². The Morgan fingerprint density at radius 3 is 2.17 bits per heavy atom. The molecule has 18 heteroatoms. The number of halogens is 2. The van der Waals surface area contributed by atoms with Crippen molar-refractivity contribution in [3.8, 4) is 28.2 Å². The molecule has 1 fully saturated rings. The van der Waals surface area contributed by atoms with Crippen LogP contribution >= 0.6 is 35.4 Å². The summed E-state index contributed by atoms with van der Waals surface area (Å²) in [4.78, 5) is 70.5. The number of rotatable bonds is 17. The van der Waals surface area contributed by atoms with Crippen molar-refractivity contribution in [3.63, 3.8) is 0 Å². The molecule has 0 spiro atoms. The summed E-state index contributed by atoms with van der Waals surface area (Å²) >= 11 is 17.7. The lowest BCUT2D eigenvalue weighted by atomic mass is 9.90. The summed E-state index contributed by atoms with van der Waals surface area (Å²) in [5.74, 6) is -2.19. The van der Waals surface area contributed by atoms with Crippen LogP contribution < -0.4 is 26.7 Å². The molecule has 1 atom stereocenters. The number of benzene rings is 5. The number of likely N-dealkylation sites (tertiary alicyclic amines) is 1. The van der Waals surface area contributed by atoms with Crippen LogP contribution in [0.1, 0.15) is 61.1 Å². The van der Waals surface area contributed by atoms with Crippen molar-refractivity contribution in [2.75, 3.05) is 70.0 Å². The molecule has 6 N–H and O–H groups in total. The molecule has 7 rings (SSSR count). The number of aromatic hydroxyl groups is 1. The van der Waals surface area contributed by atoms with E-state index in [-0.39, 0.29) is 64.7 Å². The fourth-order valence-electron chi connectivity index (χ4n) is 8.23. The van der Waals surface area contributed by atoms with Crippen LogP contribution in [0.15, 0.2) is 106 Å². The van der Waals surface area contributed by atoms with Gasteiger partial charge in [-0.25, -0.2) is 4.79 Å². The van der Waals surface area contributed by atoms with Crippen LogP contribution in [0, 0.1) is 0 Å². The molecule has 0 saturated carbocycles. The van der Waals surface area contributed by atoms with Crippen molar-refractivity contribution in [2.24, 2.45) is 0 Å². The van der Waals surface area contributed by atoms with Gasteiger partial charge in [-0.2, -0.15) is 0 Å². The van der Waals surface area contributed by atoms with Crippen LogP contribution in [0.5, 0.6) is 5.75 Å². The molecule has 3 aliphatic rings. The maximum absolute atomic E-state index is 13.5. The number of nitrogens with one attached hydrogen (secondary N) is 4. The number of fused-ring (bicyclic) bond motifs is 2. The van der Waals surface area contributed by atoms with Gasteiger partial charge in [0.15, 0.2) is 10.5 Å². The van der Waals surface area contributed by atoms with Crippen molar-refractivity contribution >= 4 is 86.6 Å². The van der Waals surface area contributed by atoms with Crippen molar-refractivity contribution in [2.45, 2.75) is 46.1 Å². The van der Waals surface area contributed by atoms with E-state index >= 15 is 0 Å². The van der Waals surface area contributed by atoms with Gasteiger partial charge in [0.2, 0.25) is 17.7 Å². The number of hydrogen-bond donors (Lipinski definition) is 6. The Morgan fingerprint density at radius 2 is 1.49 bits per heavy atom. The zero-order valence-electron chi connectivity index (χ0n) is 39.4. The quantitative estimate of drug-likeness (QED) is 0.0376. The van der Waals surface area contributed by atoms with Crippen LogP contribution in [-0.4, -0.2) is 113 Å². The molecule has 1 aliphatic carbocycles. The number of aromatic carboxylic acids is 1. The molecule has 4 aromatic carbocycles. The van der Waals surface area contributed by atoms with E-state index in [0.29, 0.717) is 50.0 Å². The molecule has 15 nitrogen and oxygen atoms in total. The Balaban J connectivity index is 0.00000107. The lowest BCUT2D eigenvalue weighted by Gasteiger charge is -2.32. The second-order valence-corrected chi connectivity index (χ2v) is 17.9. The molecular formula is C52H57Cl2N7O8S. The standard InChI is InChI=1S/C46H42Cl2N6O8S.C6H15N/c1-53(43(59)18-26-7-14-36(47)37(48)17-26)38(25-54-15-2-3-16-54)27-5-4-6-28(19-27)51-42(58)24-49-41(57)23-50-46(63)52-29-8-11-32(35(20-29)45(60)61)44-33-12-9-30(55)21-39(33)62-40-22-31(56)10-13-34(40)44;1-4-7(5-2)6-3/h4-14,17,19-22,38,55H,2-3,15-16,18,23-25H2,1H3,(H,49,57)(H,51,58)(H,60,61)(H2,50,52,63);4-6H2,1-3H3/t38-;/m1./s1. The Morgan fingerprint density at radius 1 is 0.786 bits per heavy atom. The Kier molecular flexibility index (Phi) is 18.7. The molecular weight excluding hydrogens is 954 g/mol. The maximum atomic E-state index is 13.5. The number of amides is 3. The number of carboxylic acid groups (broad SMARTS) is 1. The van der Waals surface area contributed by atoms with Gasteiger partial charge in [0.05, 0.1) is 41.2 Å². The third-order valence-electron chi connectivity index (χ3n) is 12.0. The highest BCUT2D eigenvalue weighted by Gasteiger charge is 2.27. The van der Waals surface area contributed by atoms with Gasteiger partial charge >= 0.3 is 5.97 Å². The van der Waals surface area contributed by atoms with Crippen molar-refractivity contribution < 1.29 is 33.8 Å². The summed E-state index contributed by atoms with van der Waals surface area (Å²) in [7, 11) is 1.77. The van der Waals surface area contributed by atoms with E-state index in [0.717, 1.165) is 37.1 Å². The molecule has 368 valence electrons. The number of carbonyl (C=O) groups is 4. The van der Waals surface area contributed by atoms with E-state index in [9.17, 15) is 34.2 Å². The highest BCUT2D eigenvalue weighted by atomic mass is 35.5. The van der Waals surface area contributed by atoms with Gasteiger partial charge in [0.25, 0.3) is 0 Å². The molecule has 0 aromatic heterocycles. The lowest BCUT2D eigenvalue weighted by molar-refractivity contribution is -0.131. The van der Waals surface area contributed by atoms with Gasteiger partial charge in [0.1, 0.15) is 17.1 Å². The summed E-state index contributed by atoms with van der Waals surface area (Å²) < 4.78 is 5.90. The first-order valence-corrected chi connectivity index (χ1v) is 24.2. The first kappa shape index (κ1) is 52.8. The van der Waals surface area contributed by atoms with Crippen LogP contribution in [0.3, 0.4) is 0 Å². The average molecular weight is 1010 g/mol. The van der Waals surface area contributed by atoms with E-state index in [1.165, 1.54) is 50.0 Å². The zero-order valence-corrected chi connectivity index (χ0v) is 41.8. The van der Waals surface area contributed by atoms with E-state index in [2.05, 4.69) is 51.8 Å². The Bertz CT molecular complexity index is 2880. The third-order valence-corrected chi connectivity index (χ3v) is 13.0. The highest BCUT2D eigenvalue weighted by Crippen LogP contribution is 2.42. The van der Waals surface area contributed by atoms with E-state index in [1.807, 2.05) is 12.1 Å². The minimum atomic E-state index is -1.24.